The van der Waals surface area contributed by atoms with Gasteiger partial charge in [-0.05, 0) is 48.4 Å². The number of carbonyl (C=O) groups is 1. The molecule has 0 atom stereocenters. The first-order chi connectivity index (χ1) is 16.6. The second-order valence-corrected chi connectivity index (χ2v) is 8.22. The molecule has 0 saturated carbocycles. The molecule has 1 aromatic heterocycles. The number of pyridine rings is 1. The summed E-state index contributed by atoms with van der Waals surface area (Å²) in [5.41, 5.74) is 3.18. The quantitative estimate of drug-likeness (QED) is 0.369. The minimum Gasteiger partial charge on any atom is -0.493 e. The fraction of sp³-hybridized carbons (Fsp3) is 0.172. The summed E-state index contributed by atoms with van der Waals surface area (Å²) in [6.45, 7) is 2.87. The first kappa shape index (κ1) is 23.1. The van der Waals surface area contributed by atoms with Gasteiger partial charge in [0.15, 0.2) is 11.5 Å². The Hall–Kier alpha value is -4.12. The number of rotatable bonds is 9. The van der Waals surface area contributed by atoms with Gasteiger partial charge in [0.2, 0.25) is 0 Å². The zero-order chi connectivity index (χ0) is 23.8. The molecule has 0 aliphatic rings. The molecule has 1 N–H and O–H groups in total. The first-order valence-corrected chi connectivity index (χ1v) is 11.2. The lowest BCUT2D eigenvalue weighted by Crippen LogP contribution is -2.39. The van der Waals surface area contributed by atoms with Crippen molar-refractivity contribution < 1.29 is 14.3 Å². The molecule has 4 rings (SSSR count). The van der Waals surface area contributed by atoms with Crippen molar-refractivity contribution in [2.75, 3.05) is 13.7 Å². The van der Waals surface area contributed by atoms with E-state index in [0.717, 1.165) is 16.8 Å². The Labute approximate surface area is 200 Å². The lowest BCUT2D eigenvalue weighted by molar-refractivity contribution is 0.0946. The summed E-state index contributed by atoms with van der Waals surface area (Å²) in [6.07, 6.45) is 1.72. The Morgan fingerprint density at radius 3 is 2.09 bits per heavy atom. The average molecular weight is 453 g/mol. The fourth-order valence-corrected chi connectivity index (χ4v) is 3.91. The van der Waals surface area contributed by atoms with Crippen molar-refractivity contribution in [1.29, 1.82) is 0 Å². The molecule has 0 radical (unpaired) electrons. The van der Waals surface area contributed by atoms with Crippen LogP contribution in [-0.2, 0) is 12.0 Å². The summed E-state index contributed by atoms with van der Waals surface area (Å²) < 4.78 is 11.3. The van der Waals surface area contributed by atoms with E-state index >= 15 is 0 Å². The molecule has 5 heteroatoms. The van der Waals surface area contributed by atoms with Crippen LogP contribution in [0.25, 0.3) is 0 Å². The smallest absolute Gasteiger partial charge is 0.251 e. The predicted molar refractivity (Wildman–Crippen MR) is 133 cm³/mol. The molecular weight excluding hydrogens is 424 g/mol. The van der Waals surface area contributed by atoms with Crippen LogP contribution in [0.15, 0.2) is 103 Å². The largest absolute Gasteiger partial charge is 0.493 e. The SMILES string of the molecule is COc1ccc(C(=O)NCC(C)(c2ccccc2)c2ccccc2)cc1OCc1ccccn1. The Bertz CT molecular complexity index is 1170. The van der Waals surface area contributed by atoms with Crippen LogP contribution in [0, 0.1) is 0 Å². The van der Waals surface area contributed by atoms with Gasteiger partial charge in [-0.15, -0.1) is 0 Å². The van der Waals surface area contributed by atoms with E-state index < -0.39 is 0 Å². The van der Waals surface area contributed by atoms with Gasteiger partial charge in [-0.2, -0.15) is 0 Å². The van der Waals surface area contributed by atoms with Gasteiger partial charge in [-0.3, -0.25) is 9.78 Å². The highest BCUT2D eigenvalue weighted by Gasteiger charge is 2.29. The van der Waals surface area contributed by atoms with Crippen molar-refractivity contribution >= 4 is 5.91 Å². The van der Waals surface area contributed by atoms with E-state index in [1.165, 1.54) is 0 Å². The summed E-state index contributed by atoms with van der Waals surface area (Å²) in [5, 5.41) is 3.13. The standard InChI is InChI=1S/C29H28N2O3/c1-29(23-11-5-3-6-12-23,24-13-7-4-8-14-24)21-31-28(32)22-16-17-26(33-2)27(19-22)34-20-25-15-9-10-18-30-25/h3-19H,20-21H2,1-2H3,(H,31,32). The molecule has 5 nitrogen and oxygen atoms in total. The molecule has 3 aromatic carbocycles. The highest BCUT2D eigenvalue weighted by atomic mass is 16.5. The summed E-state index contributed by atoms with van der Waals surface area (Å²) in [5.74, 6) is 0.879. The molecule has 1 amide bonds. The number of nitrogens with zero attached hydrogens (tertiary/aromatic N) is 1. The van der Waals surface area contributed by atoms with Crippen LogP contribution in [0.4, 0.5) is 0 Å². The van der Waals surface area contributed by atoms with Crippen molar-refractivity contribution in [2.45, 2.75) is 18.9 Å². The lowest BCUT2D eigenvalue weighted by Gasteiger charge is -2.31. The summed E-state index contributed by atoms with van der Waals surface area (Å²) in [6, 6.07) is 31.3. The van der Waals surface area contributed by atoms with E-state index in [1.54, 1.807) is 31.5 Å². The molecule has 1 heterocycles. The normalized spacial score (nSPS) is 11.0. The summed E-state index contributed by atoms with van der Waals surface area (Å²) in [7, 11) is 1.58. The van der Waals surface area contributed by atoms with Crippen LogP contribution in [0.1, 0.15) is 34.1 Å². The highest BCUT2D eigenvalue weighted by molar-refractivity contribution is 5.95. The second kappa shape index (κ2) is 10.7. The zero-order valence-corrected chi connectivity index (χ0v) is 19.4. The molecular formula is C29H28N2O3. The van der Waals surface area contributed by atoms with Gasteiger partial charge in [0.25, 0.3) is 5.91 Å². The number of ether oxygens (including phenoxy) is 2. The fourth-order valence-electron chi connectivity index (χ4n) is 3.91. The molecule has 0 aliphatic heterocycles. The molecule has 172 valence electrons. The van der Waals surface area contributed by atoms with Gasteiger partial charge in [-0.25, -0.2) is 0 Å². The molecule has 0 aliphatic carbocycles. The lowest BCUT2D eigenvalue weighted by atomic mass is 9.76. The second-order valence-electron chi connectivity index (χ2n) is 8.22. The maximum Gasteiger partial charge on any atom is 0.251 e. The molecule has 0 saturated heterocycles. The number of methoxy groups -OCH3 is 1. The average Bonchev–Trinajstić information content (AvgIpc) is 2.91. The molecule has 4 aromatic rings. The van der Waals surface area contributed by atoms with Crippen LogP contribution in [0.3, 0.4) is 0 Å². The number of carbonyl (C=O) groups excluding carboxylic acids is 1. The van der Waals surface area contributed by atoms with Crippen molar-refractivity contribution in [2.24, 2.45) is 0 Å². The Balaban J connectivity index is 1.53. The van der Waals surface area contributed by atoms with E-state index in [4.69, 9.17) is 9.47 Å². The molecule has 34 heavy (non-hydrogen) atoms. The number of hydrogen-bond donors (Lipinski definition) is 1. The van der Waals surface area contributed by atoms with Gasteiger partial charge in [-0.1, -0.05) is 66.7 Å². The Kier molecular flexibility index (Phi) is 7.23. The number of benzene rings is 3. The number of amides is 1. The van der Waals surface area contributed by atoms with Crippen molar-refractivity contribution in [3.05, 3.63) is 126 Å². The Morgan fingerprint density at radius 1 is 0.853 bits per heavy atom. The van der Waals surface area contributed by atoms with Gasteiger partial charge in [0.05, 0.1) is 12.8 Å². The third-order valence-electron chi connectivity index (χ3n) is 5.95. The number of aromatic nitrogens is 1. The molecule has 0 bridgehead atoms. The van der Waals surface area contributed by atoms with E-state index in [0.29, 0.717) is 23.6 Å². The van der Waals surface area contributed by atoms with Crippen molar-refractivity contribution in [3.63, 3.8) is 0 Å². The minimum absolute atomic E-state index is 0.177. The van der Waals surface area contributed by atoms with Crippen LogP contribution in [-0.4, -0.2) is 24.5 Å². The van der Waals surface area contributed by atoms with E-state index in [-0.39, 0.29) is 17.9 Å². The molecule has 0 spiro atoms. The van der Waals surface area contributed by atoms with Crippen LogP contribution in [0.2, 0.25) is 0 Å². The van der Waals surface area contributed by atoms with Gasteiger partial charge in [0, 0.05) is 23.7 Å². The van der Waals surface area contributed by atoms with Crippen LogP contribution in [0.5, 0.6) is 11.5 Å². The minimum atomic E-state index is -0.386. The summed E-state index contributed by atoms with van der Waals surface area (Å²) in [4.78, 5) is 17.4. The highest BCUT2D eigenvalue weighted by Crippen LogP contribution is 2.32. The number of hydrogen-bond acceptors (Lipinski definition) is 4. The van der Waals surface area contributed by atoms with E-state index in [2.05, 4.69) is 41.5 Å². The van der Waals surface area contributed by atoms with Gasteiger partial charge >= 0.3 is 0 Å². The maximum absolute atomic E-state index is 13.2. The topological polar surface area (TPSA) is 60.5 Å². The predicted octanol–water partition coefficient (Wildman–Crippen LogP) is 5.41. The molecule has 0 fully saturated rings. The van der Waals surface area contributed by atoms with Crippen molar-refractivity contribution in [3.8, 4) is 11.5 Å². The Morgan fingerprint density at radius 2 is 1.50 bits per heavy atom. The van der Waals surface area contributed by atoms with Gasteiger partial charge < -0.3 is 14.8 Å². The maximum atomic E-state index is 13.2. The van der Waals surface area contributed by atoms with Crippen LogP contribution < -0.4 is 14.8 Å². The van der Waals surface area contributed by atoms with Gasteiger partial charge in [0.1, 0.15) is 6.61 Å². The third kappa shape index (κ3) is 5.26. The van der Waals surface area contributed by atoms with Crippen LogP contribution >= 0.6 is 0 Å². The first-order valence-electron chi connectivity index (χ1n) is 11.2. The number of nitrogens with one attached hydrogen (secondary N) is 1. The monoisotopic (exact) mass is 452 g/mol. The summed E-state index contributed by atoms with van der Waals surface area (Å²) >= 11 is 0. The molecule has 0 unspecified atom stereocenters. The third-order valence-corrected chi connectivity index (χ3v) is 5.95. The zero-order valence-electron chi connectivity index (χ0n) is 19.4. The van der Waals surface area contributed by atoms with Crippen molar-refractivity contribution in [1.82, 2.24) is 10.3 Å². The van der Waals surface area contributed by atoms with E-state index in [9.17, 15) is 4.79 Å². The van der Waals surface area contributed by atoms with E-state index in [1.807, 2.05) is 54.6 Å².